The molecule has 0 unspecified atom stereocenters. The molecule has 0 aliphatic heterocycles. The summed E-state index contributed by atoms with van der Waals surface area (Å²) in [6, 6.07) is 20.4. The second kappa shape index (κ2) is 10.8. The fourth-order valence-electron chi connectivity index (χ4n) is 3.24. The van der Waals surface area contributed by atoms with Gasteiger partial charge in [-0.25, -0.2) is 10.2 Å². The first-order chi connectivity index (χ1) is 15.1. The van der Waals surface area contributed by atoms with E-state index in [2.05, 4.69) is 15.8 Å². The summed E-state index contributed by atoms with van der Waals surface area (Å²) < 4.78 is 10.4. The maximum absolute atomic E-state index is 12.5. The highest BCUT2D eigenvalue weighted by molar-refractivity contribution is 6.02. The van der Waals surface area contributed by atoms with Gasteiger partial charge in [-0.15, -0.1) is 0 Å². The highest BCUT2D eigenvalue weighted by Gasteiger charge is 2.19. The van der Waals surface area contributed by atoms with Crippen molar-refractivity contribution in [3.63, 3.8) is 0 Å². The molecule has 0 aromatic heterocycles. The third-order valence-electron chi connectivity index (χ3n) is 4.69. The van der Waals surface area contributed by atoms with Crippen LogP contribution in [0.15, 0.2) is 71.8 Å². The molecule has 3 rings (SSSR count). The van der Waals surface area contributed by atoms with Gasteiger partial charge in [0.05, 0.1) is 32.4 Å². The molecule has 0 saturated heterocycles. The number of carbonyl (C=O) groups is 2. The molecule has 0 aliphatic rings. The second-order valence-electron chi connectivity index (χ2n) is 6.73. The summed E-state index contributed by atoms with van der Waals surface area (Å²) >= 11 is 0. The minimum atomic E-state index is -0.576. The topological polar surface area (TPSA) is 89.0 Å². The monoisotopic (exact) mass is 419 g/mol. The minimum Gasteiger partial charge on any atom is -0.496 e. The van der Waals surface area contributed by atoms with Crippen molar-refractivity contribution in [1.29, 1.82) is 0 Å². The molecule has 0 aliphatic carbocycles. The molecule has 2 amide bonds. The minimum absolute atomic E-state index is 0.00679. The number of rotatable bonds is 8. The van der Waals surface area contributed by atoms with Crippen LogP contribution >= 0.6 is 0 Å². The van der Waals surface area contributed by atoms with Crippen molar-refractivity contribution in [2.24, 2.45) is 5.10 Å². The van der Waals surface area contributed by atoms with Gasteiger partial charge in [-0.3, -0.25) is 4.79 Å². The number of methoxy groups -OCH3 is 1. The van der Waals surface area contributed by atoms with Gasteiger partial charge in [0, 0.05) is 5.56 Å². The maximum atomic E-state index is 12.5. The molecule has 1 atom stereocenters. The largest absolute Gasteiger partial charge is 0.496 e. The first-order valence-electron chi connectivity index (χ1n) is 9.98. The number of carbonyl (C=O) groups excluding carboxylic acids is 2. The fraction of sp³-hybridized carbons (Fsp3) is 0.208. The Morgan fingerprint density at radius 3 is 2.52 bits per heavy atom. The van der Waals surface area contributed by atoms with E-state index in [4.69, 9.17) is 9.47 Å². The Morgan fingerprint density at radius 2 is 1.77 bits per heavy atom. The van der Waals surface area contributed by atoms with Crippen LogP contribution in [0, 0.1) is 0 Å². The molecule has 0 spiro atoms. The third kappa shape index (κ3) is 5.82. The number of ether oxygens (including phenoxy) is 2. The Labute approximate surface area is 181 Å². The van der Waals surface area contributed by atoms with Crippen LogP contribution < -0.4 is 15.5 Å². The first-order valence-corrected chi connectivity index (χ1v) is 9.98. The number of hydrazone groups is 1. The number of amides is 2. The van der Waals surface area contributed by atoms with E-state index in [-0.39, 0.29) is 18.9 Å². The van der Waals surface area contributed by atoms with Gasteiger partial charge in [0.25, 0.3) is 0 Å². The van der Waals surface area contributed by atoms with E-state index in [0.29, 0.717) is 5.75 Å². The Kier molecular flexibility index (Phi) is 7.59. The quantitative estimate of drug-likeness (QED) is 0.424. The molecule has 0 fully saturated rings. The summed E-state index contributed by atoms with van der Waals surface area (Å²) in [5.41, 5.74) is 4.10. The smallest absolute Gasteiger partial charge is 0.407 e. The van der Waals surface area contributed by atoms with Gasteiger partial charge in [0.15, 0.2) is 0 Å². The Hall–Kier alpha value is -3.87. The molecule has 3 aromatic carbocycles. The van der Waals surface area contributed by atoms with Crippen LogP contribution in [0.25, 0.3) is 10.8 Å². The van der Waals surface area contributed by atoms with Crippen LogP contribution in [0.1, 0.15) is 30.5 Å². The predicted octanol–water partition coefficient (Wildman–Crippen LogP) is 4.18. The van der Waals surface area contributed by atoms with E-state index in [9.17, 15) is 9.59 Å². The SMILES string of the molecule is CCOC(=O)N[C@H](CC(=O)N/N=C\c1c(OC)ccc2ccccc12)c1ccccc1. The van der Waals surface area contributed by atoms with Crippen molar-refractivity contribution < 1.29 is 19.1 Å². The van der Waals surface area contributed by atoms with Crippen LogP contribution in [-0.4, -0.2) is 31.9 Å². The fourth-order valence-corrected chi connectivity index (χ4v) is 3.24. The van der Waals surface area contributed by atoms with Gasteiger partial charge in [0.1, 0.15) is 5.75 Å². The zero-order valence-corrected chi connectivity index (χ0v) is 17.5. The summed E-state index contributed by atoms with van der Waals surface area (Å²) in [5.74, 6) is 0.309. The van der Waals surface area contributed by atoms with Crippen LogP contribution in [0.3, 0.4) is 0 Å². The summed E-state index contributed by atoms with van der Waals surface area (Å²) in [6.45, 7) is 1.97. The lowest BCUT2D eigenvalue weighted by Gasteiger charge is -2.18. The van der Waals surface area contributed by atoms with Gasteiger partial charge >= 0.3 is 6.09 Å². The van der Waals surface area contributed by atoms with E-state index in [1.165, 1.54) is 0 Å². The Morgan fingerprint density at radius 1 is 1.03 bits per heavy atom. The van der Waals surface area contributed by atoms with E-state index in [1.807, 2.05) is 66.7 Å². The molecule has 3 aromatic rings. The van der Waals surface area contributed by atoms with Gasteiger partial charge in [-0.05, 0) is 29.3 Å². The highest BCUT2D eigenvalue weighted by atomic mass is 16.5. The lowest BCUT2D eigenvalue weighted by Crippen LogP contribution is -2.33. The maximum Gasteiger partial charge on any atom is 0.407 e. The third-order valence-corrected chi connectivity index (χ3v) is 4.69. The van der Waals surface area contributed by atoms with Crippen molar-refractivity contribution >= 4 is 29.0 Å². The van der Waals surface area contributed by atoms with Gasteiger partial charge in [0.2, 0.25) is 5.91 Å². The van der Waals surface area contributed by atoms with Crippen molar-refractivity contribution in [3.05, 3.63) is 77.9 Å². The number of alkyl carbamates (subject to hydrolysis) is 1. The zero-order chi connectivity index (χ0) is 22.1. The van der Waals surface area contributed by atoms with E-state index < -0.39 is 12.1 Å². The standard InChI is InChI=1S/C24H25N3O4/c1-3-31-24(29)26-21(18-10-5-4-6-11-18)15-23(28)27-25-16-20-19-12-8-7-9-17(19)13-14-22(20)30-2/h4-14,16,21H,3,15H2,1-2H3,(H,26,29)(H,27,28)/b25-16-/t21-/m1/s1. The van der Waals surface area contributed by atoms with Crippen molar-refractivity contribution in [2.45, 2.75) is 19.4 Å². The lowest BCUT2D eigenvalue weighted by atomic mass is 10.0. The van der Waals surface area contributed by atoms with E-state index >= 15 is 0 Å². The molecular formula is C24H25N3O4. The van der Waals surface area contributed by atoms with Gasteiger partial charge < -0.3 is 14.8 Å². The Bertz CT molecular complexity index is 1070. The number of fused-ring (bicyclic) bond motifs is 1. The molecule has 31 heavy (non-hydrogen) atoms. The average Bonchev–Trinajstić information content (AvgIpc) is 2.79. The van der Waals surface area contributed by atoms with Crippen LogP contribution in [-0.2, 0) is 9.53 Å². The summed E-state index contributed by atoms with van der Waals surface area (Å²) in [6.07, 6.45) is 0.996. The second-order valence-corrected chi connectivity index (χ2v) is 6.73. The number of nitrogens with one attached hydrogen (secondary N) is 2. The molecular weight excluding hydrogens is 394 g/mol. The number of nitrogens with zero attached hydrogens (tertiary/aromatic N) is 1. The first kappa shape index (κ1) is 21.8. The van der Waals surface area contributed by atoms with E-state index in [0.717, 1.165) is 21.9 Å². The number of hydrogen-bond donors (Lipinski definition) is 2. The van der Waals surface area contributed by atoms with Crippen molar-refractivity contribution in [2.75, 3.05) is 13.7 Å². The summed E-state index contributed by atoms with van der Waals surface area (Å²) in [7, 11) is 1.59. The zero-order valence-electron chi connectivity index (χ0n) is 17.5. The molecule has 7 nitrogen and oxygen atoms in total. The molecule has 160 valence electrons. The Balaban J connectivity index is 1.72. The van der Waals surface area contributed by atoms with E-state index in [1.54, 1.807) is 20.2 Å². The highest BCUT2D eigenvalue weighted by Crippen LogP contribution is 2.26. The van der Waals surface area contributed by atoms with Crippen molar-refractivity contribution in [1.82, 2.24) is 10.7 Å². The van der Waals surface area contributed by atoms with Crippen molar-refractivity contribution in [3.8, 4) is 5.75 Å². The molecule has 0 bridgehead atoms. The van der Waals surface area contributed by atoms with Gasteiger partial charge in [-0.2, -0.15) is 5.10 Å². The summed E-state index contributed by atoms with van der Waals surface area (Å²) in [4.78, 5) is 24.4. The predicted molar refractivity (Wildman–Crippen MR) is 120 cm³/mol. The van der Waals surface area contributed by atoms with Crippen LogP contribution in [0.5, 0.6) is 5.75 Å². The van der Waals surface area contributed by atoms with Crippen LogP contribution in [0.4, 0.5) is 4.79 Å². The van der Waals surface area contributed by atoms with Gasteiger partial charge in [-0.1, -0.05) is 60.7 Å². The number of benzene rings is 3. The molecule has 0 saturated carbocycles. The average molecular weight is 419 g/mol. The molecule has 7 heteroatoms. The molecule has 0 radical (unpaired) electrons. The molecule has 0 heterocycles. The lowest BCUT2D eigenvalue weighted by molar-refractivity contribution is -0.121. The van der Waals surface area contributed by atoms with Crippen LogP contribution in [0.2, 0.25) is 0 Å². The summed E-state index contributed by atoms with van der Waals surface area (Å²) in [5, 5.41) is 8.84. The normalized spacial score (nSPS) is 11.8. The number of hydrogen-bond acceptors (Lipinski definition) is 5. The molecule has 2 N–H and O–H groups in total.